The van der Waals surface area contributed by atoms with Gasteiger partial charge in [-0.05, 0) is 64.8 Å². The molecule has 1 saturated heterocycles. The van der Waals surface area contributed by atoms with Crippen LogP contribution in [0.25, 0.3) is 5.65 Å². The number of nitrogens with zero attached hydrogens (tertiary/aromatic N) is 3. The second kappa shape index (κ2) is 7.63. The van der Waals surface area contributed by atoms with Crippen LogP contribution in [0.2, 0.25) is 0 Å². The first-order valence-corrected chi connectivity index (χ1v) is 10.5. The predicted molar refractivity (Wildman–Crippen MR) is 118 cm³/mol. The van der Waals surface area contributed by atoms with Crippen molar-refractivity contribution in [2.75, 3.05) is 18.4 Å². The molecule has 4 rings (SSSR count). The third-order valence-electron chi connectivity index (χ3n) is 5.43. The van der Waals surface area contributed by atoms with Gasteiger partial charge < -0.3 is 15.2 Å². The van der Waals surface area contributed by atoms with E-state index in [1.807, 2.05) is 24.4 Å². The number of carbonyl (C=O) groups excluding carboxylic acids is 1. The summed E-state index contributed by atoms with van der Waals surface area (Å²) >= 11 is 0. The molecule has 7 nitrogen and oxygen atoms in total. The third-order valence-corrected chi connectivity index (χ3v) is 5.43. The van der Waals surface area contributed by atoms with Gasteiger partial charge in [0.05, 0.1) is 5.69 Å². The Hall–Kier alpha value is -3.09. The summed E-state index contributed by atoms with van der Waals surface area (Å²) in [7, 11) is 0. The first-order valence-electron chi connectivity index (χ1n) is 10.5. The van der Waals surface area contributed by atoms with Crippen molar-refractivity contribution in [1.29, 1.82) is 0 Å². The summed E-state index contributed by atoms with van der Waals surface area (Å²) in [6.45, 7) is 9.38. The molecule has 0 spiro atoms. The summed E-state index contributed by atoms with van der Waals surface area (Å²) < 4.78 is 2.08. The Balaban J connectivity index is 1.66. The summed E-state index contributed by atoms with van der Waals surface area (Å²) in [6.07, 6.45) is 3.84. The van der Waals surface area contributed by atoms with Crippen molar-refractivity contribution >= 4 is 17.4 Å². The van der Waals surface area contributed by atoms with E-state index in [1.165, 1.54) is 0 Å². The molecule has 3 aromatic rings. The number of likely N-dealkylation sites (tertiary alicyclic amines) is 1. The van der Waals surface area contributed by atoms with Crippen molar-refractivity contribution in [3.63, 3.8) is 0 Å². The number of rotatable bonds is 3. The van der Waals surface area contributed by atoms with E-state index < -0.39 is 0 Å². The molecule has 1 unspecified atom stereocenters. The highest BCUT2D eigenvalue weighted by atomic mass is 16.2. The highest BCUT2D eigenvalue weighted by Gasteiger charge is 2.31. The zero-order valence-corrected chi connectivity index (χ0v) is 18.0. The van der Waals surface area contributed by atoms with Gasteiger partial charge in [-0.3, -0.25) is 14.0 Å². The number of amides is 1. The van der Waals surface area contributed by atoms with E-state index in [0.29, 0.717) is 13.1 Å². The first kappa shape index (κ1) is 20.2. The number of fused-ring (bicyclic) bond motifs is 1. The number of hydrogen-bond acceptors (Lipinski definition) is 4. The number of nitrogens with one attached hydrogen (secondary N) is 2. The normalized spacial score (nSPS) is 17.3. The van der Waals surface area contributed by atoms with Gasteiger partial charge in [0.2, 0.25) is 0 Å². The lowest BCUT2D eigenvalue weighted by Crippen LogP contribution is -2.41. The lowest BCUT2D eigenvalue weighted by Gasteiger charge is -2.33. The monoisotopic (exact) mass is 407 g/mol. The van der Waals surface area contributed by atoms with Crippen LogP contribution in [0.4, 0.5) is 5.82 Å². The highest BCUT2D eigenvalue weighted by molar-refractivity contribution is 5.94. The molecule has 7 heteroatoms. The molecular weight excluding hydrogens is 378 g/mol. The molecule has 1 fully saturated rings. The molecule has 0 bridgehead atoms. The first-order chi connectivity index (χ1) is 14.2. The van der Waals surface area contributed by atoms with Crippen LogP contribution in [-0.4, -0.2) is 43.8 Å². The van der Waals surface area contributed by atoms with Gasteiger partial charge in [-0.25, -0.2) is 4.98 Å². The Morgan fingerprint density at radius 1 is 1.23 bits per heavy atom. The summed E-state index contributed by atoms with van der Waals surface area (Å²) in [5.41, 5.74) is 2.36. The fraction of sp³-hybridized carbons (Fsp3) is 0.435. The lowest BCUT2D eigenvalue weighted by atomic mass is 9.93. The van der Waals surface area contributed by atoms with Gasteiger partial charge >= 0.3 is 0 Å². The van der Waals surface area contributed by atoms with Crippen molar-refractivity contribution in [2.24, 2.45) is 0 Å². The van der Waals surface area contributed by atoms with E-state index in [-0.39, 0.29) is 28.5 Å². The van der Waals surface area contributed by atoms with Crippen LogP contribution in [-0.2, 0) is 0 Å². The van der Waals surface area contributed by atoms with E-state index in [0.717, 1.165) is 35.7 Å². The van der Waals surface area contributed by atoms with Crippen molar-refractivity contribution in [3.05, 3.63) is 63.8 Å². The van der Waals surface area contributed by atoms with E-state index in [2.05, 4.69) is 35.5 Å². The molecular formula is C23H29N5O2. The topological polar surface area (TPSA) is 82.5 Å². The van der Waals surface area contributed by atoms with Crippen LogP contribution in [0.1, 0.15) is 61.3 Å². The lowest BCUT2D eigenvalue weighted by molar-refractivity contribution is 0.0704. The fourth-order valence-electron chi connectivity index (χ4n) is 4.07. The van der Waals surface area contributed by atoms with Crippen LogP contribution in [0.5, 0.6) is 0 Å². The number of aromatic nitrogens is 3. The molecule has 3 aromatic heterocycles. The number of piperidine rings is 1. The molecule has 1 atom stereocenters. The minimum atomic E-state index is -0.329. The molecule has 1 aliphatic heterocycles. The highest BCUT2D eigenvalue weighted by Crippen LogP contribution is 2.34. The minimum Gasteiger partial charge on any atom is -0.365 e. The summed E-state index contributed by atoms with van der Waals surface area (Å²) in [5, 5.41) is 3.60. The number of pyridine rings is 2. The van der Waals surface area contributed by atoms with E-state index >= 15 is 0 Å². The van der Waals surface area contributed by atoms with Gasteiger partial charge in [-0.1, -0.05) is 6.07 Å². The SMILES string of the molecule is Cc1ccc(C(=O)N2CCCC(c3nc4ccccn4c3NC(C)(C)C)C2)c(=O)[nH]1. The smallest absolute Gasteiger partial charge is 0.260 e. The Kier molecular flexibility index (Phi) is 5.13. The summed E-state index contributed by atoms with van der Waals surface area (Å²) in [6, 6.07) is 9.36. The average molecular weight is 408 g/mol. The Labute approximate surface area is 176 Å². The zero-order chi connectivity index (χ0) is 21.5. The van der Waals surface area contributed by atoms with Crippen LogP contribution >= 0.6 is 0 Å². The maximum atomic E-state index is 13.1. The van der Waals surface area contributed by atoms with Gasteiger partial charge in [0.25, 0.3) is 11.5 Å². The van der Waals surface area contributed by atoms with Crippen LogP contribution in [0.3, 0.4) is 0 Å². The van der Waals surface area contributed by atoms with Gasteiger partial charge in [0, 0.05) is 36.4 Å². The molecule has 1 aliphatic rings. The summed E-state index contributed by atoms with van der Waals surface area (Å²) in [5.74, 6) is 0.873. The van der Waals surface area contributed by atoms with Crippen molar-refractivity contribution in [2.45, 2.75) is 52.0 Å². The van der Waals surface area contributed by atoms with E-state index in [4.69, 9.17) is 4.98 Å². The van der Waals surface area contributed by atoms with Gasteiger partial charge in [0.1, 0.15) is 17.0 Å². The second-order valence-corrected chi connectivity index (χ2v) is 9.12. The van der Waals surface area contributed by atoms with Crippen molar-refractivity contribution < 1.29 is 4.79 Å². The van der Waals surface area contributed by atoms with E-state index in [1.54, 1.807) is 24.0 Å². The van der Waals surface area contributed by atoms with Crippen LogP contribution in [0, 0.1) is 6.92 Å². The van der Waals surface area contributed by atoms with Gasteiger partial charge in [-0.15, -0.1) is 0 Å². The van der Waals surface area contributed by atoms with Crippen molar-refractivity contribution in [3.8, 4) is 0 Å². The molecule has 0 aliphatic carbocycles. The van der Waals surface area contributed by atoms with Gasteiger partial charge in [0.15, 0.2) is 0 Å². The molecule has 30 heavy (non-hydrogen) atoms. The molecule has 0 radical (unpaired) electrons. The van der Waals surface area contributed by atoms with Crippen LogP contribution < -0.4 is 10.9 Å². The van der Waals surface area contributed by atoms with Crippen LogP contribution in [0.15, 0.2) is 41.3 Å². The second-order valence-electron chi connectivity index (χ2n) is 9.12. The number of aryl methyl sites for hydroxylation is 1. The summed E-state index contributed by atoms with van der Waals surface area (Å²) in [4.78, 5) is 34.8. The molecule has 0 saturated carbocycles. The number of imidazole rings is 1. The van der Waals surface area contributed by atoms with E-state index in [9.17, 15) is 9.59 Å². The maximum Gasteiger partial charge on any atom is 0.260 e. The molecule has 0 aromatic carbocycles. The molecule has 4 heterocycles. The quantitative estimate of drug-likeness (QED) is 0.695. The Morgan fingerprint density at radius 2 is 2.03 bits per heavy atom. The standard InChI is InChI=1S/C23H29N5O2/c1-15-10-11-17(21(29)24-15)22(30)27-12-7-8-16(14-27)19-20(26-23(2,3)4)28-13-6-5-9-18(28)25-19/h5-6,9-11,13,16,26H,7-8,12,14H2,1-4H3,(H,24,29). The fourth-order valence-corrected chi connectivity index (χ4v) is 4.07. The predicted octanol–water partition coefficient (Wildman–Crippen LogP) is 3.56. The molecule has 1 amide bonds. The average Bonchev–Trinajstić information content (AvgIpc) is 3.05. The number of anilines is 1. The number of carbonyl (C=O) groups is 1. The molecule has 2 N–H and O–H groups in total. The number of hydrogen-bond donors (Lipinski definition) is 2. The minimum absolute atomic E-state index is 0.108. The number of aromatic amines is 1. The Morgan fingerprint density at radius 3 is 2.77 bits per heavy atom. The number of H-pyrrole nitrogens is 1. The molecule has 158 valence electrons. The van der Waals surface area contributed by atoms with Gasteiger partial charge in [-0.2, -0.15) is 0 Å². The third kappa shape index (κ3) is 3.97. The maximum absolute atomic E-state index is 13.1. The largest absolute Gasteiger partial charge is 0.365 e. The Bertz CT molecular complexity index is 1140. The van der Waals surface area contributed by atoms with Crippen molar-refractivity contribution in [1.82, 2.24) is 19.3 Å². The zero-order valence-electron chi connectivity index (χ0n) is 18.0.